The Labute approximate surface area is 109 Å². The van der Waals surface area contributed by atoms with Crippen LogP contribution in [0.15, 0.2) is 24.3 Å². The van der Waals surface area contributed by atoms with Crippen molar-refractivity contribution in [2.75, 3.05) is 19.7 Å². The molecule has 96 valence electrons. The summed E-state index contributed by atoms with van der Waals surface area (Å²) < 4.78 is 5.60. The van der Waals surface area contributed by atoms with E-state index < -0.39 is 0 Å². The van der Waals surface area contributed by atoms with Gasteiger partial charge in [-0.1, -0.05) is 36.7 Å². The van der Waals surface area contributed by atoms with Crippen molar-refractivity contribution in [3.8, 4) is 0 Å². The molecule has 0 saturated carbocycles. The van der Waals surface area contributed by atoms with E-state index in [9.17, 15) is 0 Å². The maximum absolute atomic E-state index is 6.03. The Balaban J connectivity index is 1.99. The monoisotopic (exact) mass is 255 g/mol. The highest BCUT2D eigenvalue weighted by atomic mass is 35.5. The Kier molecular flexibility index (Phi) is 8.06. The average molecular weight is 256 g/mol. The molecule has 0 aliphatic heterocycles. The number of hydrogen-bond acceptors (Lipinski definition) is 2. The fourth-order valence-electron chi connectivity index (χ4n) is 1.61. The zero-order chi connectivity index (χ0) is 12.3. The Bertz CT molecular complexity index is 304. The SMILES string of the molecule is CCNCCCCCOCc1ccccc1Cl. The van der Waals surface area contributed by atoms with Crippen LogP contribution in [0.25, 0.3) is 0 Å². The molecule has 0 bridgehead atoms. The van der Waals surface area contributed by atoms with Gasteiger partial charge in [-0.05, 0) is 44.0 Å². The Morgan fingerprint density at radius 3 is 2.76 bits per heavy atom. The highest BCUT2D eigenvalue weighted by Crippen LogP contribution is 2.15. The molecule has 0 radical (unpaired) electrons. The standard InChI is InChI=1S/C14H22ClNO/c1-2-16-10-6-3-7-11-17-12-13-8-4-5-9-14(13)15/h4-5,8-9,16H,2-3,6-7,10-12H2,1H3. The maximum atomic E-state index is 6.03. The van der Waals surface area contributed by atoms with Crippen LogP contribution in [-0.4, -0.2) is 19.7 Å². The molecule has 0 spiro atoms. The van der Waals surface area contributed by atoms with E-state index in [0.717, 1.165) is 36.7 Å². The molecular weight excluding hydrogens is 234 g/mol. The second-order valence-electron chi connectivity index (χ2n) is 4.06. The van der Waals surface area contributed by atoms with Gasteiger partial charge in [-0.2, -0.15) is 0 Å². The fraction of sp³-hybridized carbons (Fsp3) is 0.571. The van der Waals surface area contributed by atoms with Gasteiger partial charge in [-0.3, -0.25) is 0 Å². The highest BCUT2D eigenvalue weighted by molar-refractivity contribution is 6.31. The molecule has 17 heavy (non-hydrogen) atoms. The van der Waals surface area contributed by atoms with Crippen molar-refractivity contribution in [2.45, 2.75) is 32.8 Å². The van der Waals surface area contributed by atoms with Crippen LogP contribution >= 0.6 is 11.6 Å². The van der Waals surface area contributed by atoms with E-state index in [4.69, 9.17) is 16.3 Å². The average Bonchev–Trinajstić information content (AvgIpc) is 2.35. The normalized spacial score (nSPS) is 10.7. The van der Waals surface area contributed by atoms with Gasteiger partial charge in [0.2, 0.25) is 0 Å². The minimum absolute atomic E-state index is 0.618. The Morgan fingerprint density at radius 1 is 1.18 bits per heavy atom. The van der Waals surface area contributed by atoms with Crippen molar-refractivity contribution < 1.29 is 4.74 Å². The summed E-state index contributed by atoms with van der Waals surface area (Å²) in [6.07, 6.45) is 3.56. The van der Waals surface area contributed by atoms with Gasteiger partial charge in [-0.15, -0.1) is 0 Å². The first-order valence-corrected chi connectivity index (χ1v) is 6.74. The quantitative estimate of drug-likeness (QED) is 0.681. The molecule has 0 saturated heterocycles. The summed E-state index contributed by atoms with van der Waals surface area (Å²) in [4.78, 5) is 0. The van der Waals surface area contributed by atoms with Crippen molar-refractivity contribution in [3.05, 3.63) is 34.9 Å². The largest absolute Gasteiger partial charge is 0.377 e. The molecule has 0 heterocycles. The number of rotatable bonds is 9. The molecule has 0 amide bonds. The number of unbranched alkanes of at least 4 members (excludes halogenated alkanes) is 2. The summed E-state index contributed by atoms with van der Waals surface area (Å²) in [6.45, 7) is 5.74. The third-order valence-corrected chi connectivity index (χ3v) is 2.98. The lowest BCUT2D eigenvalue weighted by atomic mass is 10.2. The lowest BCUT2D eigenvalue weighted by Gasteiger charge is -2.06. The van der Waals surface area contributed by atoms with Gasteiger partial charge in [0.05, 0.1) is 6.61 Å². The molecule has 0 fully saturated rings. The van der Waals surface area contributed by atoms with E-state index in [1.807, 2.05) is 24.3 Å². The molecule has 0 unspecified atom stereocenters. The lowest BCUT2D eigenvalue weighted by molar-refractivity contribution is 0.117. The summed E-state index contributed by atoms with van der Waals surface area (Å²) in [5.74, 6) is 0. The van der Waals surface area contributed by atoms with E-state index in [-0.39, 0.29) is 0 Å². The van der Waals surface area contributed by atoms with Crippen molar-refractivity contribution in [1.29, 1.82) is 0 Å². The first-order chi connectivity index (χ1) is 8.34. The van der Waals surface area contributed by atoms with Crippen LogP contribution in [0.4, 0.5) is 0 Å². The molecule has 2 nitrogen and oxygen atoms in total. The first kappa shape index (κ1) is 14.5. The van der Waals surface area contributed by atoms with E-state index in [0.29, 0.717) is 6.61 Å². The summed E-state index contributed by atoms with van der Waals surface area (Å²) in [6, 6.07) is 7.83. The number of hydrogen-bond donors (Lipinski definition) is 1. The number of benzene rings is 1. The van der Waals surface area contributed by atoms with Crippen LogP contribution in [0, 0.1) is 0 Å². The maximum Gasteiger partial charge on any atom is 0.0731 e. The highest BCUT2D eigenvalue weighted by Gasteiger charge is 1.98. The van der Waals surface area contributed by atoms with Crippen molar-refractivity contribution in [2.24, 2.45) is 0 Å². The summed E-state index contributed by atoms with van der Waals surface area (Å²) in [5.41, 5.74) is 1.07. The second kappa shape index (κ2) is 9.46. The summed E-state index contributed by atoms with van der Waals surface area (Å²) >= 11 is 6.03. The van der Waals surface area contributed by atoms with Crippen LogP contribution in [0.3, 0.4) is 0 Å². The Morgan fingerprint density at radius 2 is 2.00 bits per heavy atom. The van der Waals surface area contributed by atoms with Crippen molar-refractivity contribution in [1.82, 2.24) is 5.32 Å². The predicted molar refractivity (Wildman–Crippen MR) is 73.5 cm³/mol. The van der Waals surface area contributed by atoms with Gasteiger partial charge in [0.15, 0.2) is 0 Å². The predicted octanol–water partition coefficient (Wildman–Crippen LogP) is 3.64. The molecule has 0 atom stereocenters. The molecule has 1 aromatic rings. The van der Waals surface area contributed by atoms with Crippen LogP contribution in [-0.2, 0) is 11.3 Å². The molecule has 1 rings (SSSR count). The van der Waals surface area contributed by atoms with Crippen molar-refractivity contribution >= 4 is 11.6 Å². The van der Waals surface area contributed by atoms with Gasteiger partial charge in [0.1, 0.15) is 0 Å². The molecule has 0 aromatic heterocycles. The first-order valence-electron chi connectivity index (χ1n) is 6.36. The van der Waals surface area contributed by atoms with Crippen LogP contribution in [0.5, 0.6) is 0 Å². The van der Waals surface area contributed by atoms with E-state index in [1.54, 1.807) is 0 Å². The second-order valence-corrected chi connectivity index (χ2v) is 4.47. The van der Waals surface area contributed by atoms with Gasteiger partial charge < -0.3 is 10.1 Å². The molecule has 3 heteroatoms. The zero-order valence-electron chi connectivity index (χ0n) is 10.5. The zero-order valence-corrected chi connectivity index (χ0v) is 11.3. The van der Waals surface area contributed by atoms with Gasteiger partial charge in [0, 0.05) is 11.6 Å². The van der Waals surface area contributed by atoms with Gasteiger partial charge in [0.25, 0.3) is 0 Å². The van der Waals surface area contributed by atoms with E-state index >= 15 is 0 Å². The molecule has 0 aliphatic carbocycles. The van der Waals surface area contributed by atoms with Crippen LogP contribution in [0.1, 0.15) is 31.7 Å². The van der Waals surface area contributed by atoms with Crippen LogP contribution < -0.4 is 5.32 Å². The third-order valence-electron chi connectivity index (χ3n) is 2.61. The number of halogens is 1. The smallest absolute Gasteiger partial charge is 0.0731 e. The molecule has 1 aromatic carbocycles. The van der Waals surface area contributed by atoms with E-state index in [1.165, 1.54) is 12.8 Å². The topological polar surface area (TPSA) is 21.3 Å². The van der Waals surface area contributed by atoms with Crippen LogP contribution in [0.2, 0.25) is 5.02 Å². The van der Waals surface area contributed by atoms with E-state index in [2.05, 4.69) is 12.2 Å². The molecule has 1 N–H and O–H groups in total. The minimum Gasteiger partial charge on any atom is -0.377 e. The number of nitrogens with one attached hydrogen (secondary N) is 1. The third kappa shape index (κ3) is 6.67. The Hall–Kier alpha value is -0.570. The molecular formula is C14H22ClNO. The van der Waals surface area contributed by atoms with Crippen molar-refractivity contribution in [3.63, 3.8) is 0 Å². The van der Waals surface area contributed by atoms with Gasteiger partial charge in [-0.25, -0.2) is 0 Å². The fourth-order valence-corrected chi connectivity index (χ4v) is 1.80. The lowest BCUT2D eigenvalue weighted by Crippen LogP contribution is -2.13. The minimum atomic E-state index is 0.618. The van der Waals surface area contributed by atoms with Gasteiger partial charge >= 0.3 is 0 Å². The molecule has 0 aliphatic rings. The number of ether oxygens (including phenoxy) is 1. The summed E-state index contributed by atoms with van der Waals surface area (Å²) in [5, 5.41) is 4.11. The summed E-state index contributed by atoms with van der Waals surface area (Å²) in [7, 11) is 0.